The van der Waals surface area contributed by atoms with Crippen LogP contribution in [0.3, 0.4) is 0 Å². The van der Waals surface area contributed by atoms with Crippen molar-refractivity contribution in [1.29, 1.82) is 0 Å². The Morgan fingerprint density at radius 1 is 0.970 bits per heavy atom. The summed E-state index contributed by atoms with van der Waals surface area (Å²) >= 11 is 0. The van der Waals surface area contributed by atoms with Crippen LogP contribution in [-0.2, 0) is 14.3 Å². The Morgan fingerprint density at radius 3 is 2.21 bits per heavy atom. The maximum absolute atomic E-state index is 11.9. The Morgan fingerprint density at radius 2 is 1.61 bits per heavy atom. The lowest BCUT2D eigenvalue weighted by Crippen LogP contribution is -2.25. The van der Waals surface area contributed by atoms with E-state index < -0.39 is 18.0 Å². The number of carbonyl (C=O) groups is 2. The third kappa shape index (κ3) is 5.70. The van der Waals surface area contributed by atoms with Crippen LogP contribution in [0.5, 0.6) is 17.2 Å². The molecule has 3 aromatic carbocycles. The molecule has 3 N–H and O–H groups in total. The Balaban J connectivity index is 1.83. The van der Waals surface area contributed by atoms with Crippen molar-refractivity contribution in [3.05, 3.63) is 82.4 Å². The van der Waals surface area contributed by atoms with Crippen molar-refractivity contribution in [2.45, 2.75) is 33.8 Å². The molecule has 33 heavy (non-hydrogen) atoms. The molecule has 0 radical (unpaired) electrons. The number of carbonyl (C=O) groups excluding carboxylic acids is 2. The first-order valence-corrected chi connectivity index (χ1v) is 10.5. The Hall–Kier alpha value is -3.84. The summed E-state index contributed by atoms with van der Waals surface area (Å²) in [5, 5.41) is 23.6. The molecule has 0 fully saturated rings. The van der Waals surface area contributed by atoms with Crippen molar-refractivity contribution in [1.82, 2.24) is 0 Å². The summed E-state index contributed by atoms with van der Waals surface area (Å²) in [6.45, 7) is 7.32. The minimum Gasteiger partial charge on any atom is -0.508 e. The van der Waals surface area contributed by atoms with Crippen molar-refractivity contribution in [3.8, 4) is 17.2 Å². The first kappa shape index (κ1) is 23.8. The number of rotatable bonds is 6. The van der Waals surface area contributed by atoms with Crippen molar-refractivity contribution >= 4 is 17.6 Å². The molecule has 0 aliphatic carbocycles. The summed E-state index contributed by atoms with van der Waals surface area (Å²) < 4.78 is 10.8. The number of hydrogen-bond donors (Lipinski definition) is 3. The smallest absolute Gasteiger partial charge is 0.397 e. The van der Waals surface area contributed by atoms with Gasteiger partial charge in [-0.25, -0.2) is 4.79 Å². The molecular weight excluding hydrogens is 422 g/mol. The minimum absolute atomic E-state index is 0.0408. The predicted molar refractivity (Wildman–Crippen MR) is 125 cm³/mol. The lowest BCUT2D eigenvalue weighted by molar-refractivity contribution is -0.152. The van der Waals surface area contributed by atoms with Gasteiger partial charge < -0.3 is 25.0 Å². The zero-order valence-electron chi connectivity index (χ0n) is 19.0. The van der Waals surface area contributed by atoms with Crippen LogP contribution in [0.2, 0.25) is 0 Å². The van der Waals surface area contributed by atoms with Crippen LogP contribution in [0.1, 0.15) is 40.8 Å². The maximum Gasteiger partial charge on any atom is 0.397 e. The van der Waals surface area contributed by atoms with Gasteiger partial charge in [-0.05, 0) is 74.7 Å². The molecule has 0 aliphatic heterocycles. The van der Waals surface area contributed by atoms with Gasteiger partial charge in [0.1, 0.15) is 23.4 Å². The van der Waals surface area contributed by atoms with Crippen LogP contribution in [0.25, 0.3) is 0 Å². The number of aryl methyl sites for hydroxylation is 3. The summed E-state index contributed by atoms with van der Waals surface area (Å²) in [6.07, 6.45) is -1.02. The molecule has 7 heteroatoms. The SMILES string of the molecule is CCOC(=O)C(=O)Nc1cc(C)c(Oc2ccc(O)c(C(O)c3ccc(C)cc3)c2)c(C)c1. The van der Waals surface area contributed by atoms with Gasteiger partial charge in [0.05, 0.1) is 6.61 Å². The molecule has 1 amide bonds. The number of nitrogens with one attached hydrogen (secondary N) is 1. The molecule has 0 aromatic heterocycles. The van der Waals surface area contributed by atoms with Crippen LogP contribution >= 0.6 is 0 Å². The molecule has 0 heterocycles. The van der Waals surface area contributed by atoms with E-state index in [0.29, 0.717) is 28.3 Å². The van der Waals surface area contributed by atoms with Gasteiger partial charge in [0.2, 0.25) is 0 Å². The largest absolute Gasteiger partial charge is 0.508 e. The summed E-state index contributed by atoms with van der Waals surface area (Å²) in [4.78, 5) is 23.5. The first-order chi connectivity index (χ1) is 15.7. The van der Waals surface area contributed by atoms with E-state index in [0.717, 1.165) is 16.7 Å². The van der Waals surface area contributed by atoms with Crippen molar-refractivity contribution in [2.75, 3.05) is 11.9 Å². The fourth-order valence-electron chi connectivity index (χ4n) is 3.42. The topological polar surface area (TPSA) is 105 Å². The van der Waals surface area contributed by atoms with Crippen molar-refractivity contribution in [2.24, 2.45) is 0 Å². The van der Waals surface area contributed by atoms with Gasteiger partial charge in [-0.2, -0.15) is 0 Å². The minimum atomic E-state index is -1.02. The molecule has 172 valence electrons. The van der Waals surface area contributed by atoms with Gasteiger partial charge in [-0.15, -0.1) is 0 Å². The van der Waals surface area contributed by atoms with Gasteiger partial charge in [-0.3, -0.25) is 4.79 Å². The van der Waals surface area contributed by atoms with E-state index in [4.69, 9.17) is 9.47 Å². The fraction of sp³-hybridized carbons (Fsp3) is 0.231. The predicted octanol–water partition coefficient (Wildman–Crippen LogP) is 4.69. The van der Waals surface area contributed by atoms with Gasteiger partial charge in [0.25, 0.3) is 0 Å². The second-order valence-corrected chi connectivity index (χ2v) is 7.75. The zero-order chi connectivity index (χ0) is 24.1. The number of aliphatic hydroxyl groups excluding tert-OH is 1. The fourth-order valence-corrected chi connectivity index (χ4v) is 3.42. The highest BCUT2D eigenvalue weighted by Gasteiger charge is 2.18. The van der Waals surface area contributed by atoms with Crippen LogP contribution in [0, 0.1) is 20.8 Å². The second kappa shape index (κ2) is 10.2. The van der Waals surface area contributed by atoms with E-state index >= 15 is 0 Å². The molecule has 1 atom stereocenters. The second-order valence-electron chi connectivity index (χ2n) is 7.75. The van der Waals surface area contributed by atoms with Crippen LogP contribution in [0.15, 0.2) is 54.6 Å². The number of phenols is 1. The number of hydrogen-bond acceptors (Lipinski definition) is 6. The zero-order valence-corrected chi connectivity index (χ0v) is 19.0. The Bertz CT molecular complexity index is 1150. The molecule has 3 rings (SSSR count). The van der Waals surface area contributed by atoms with Gasteiger partial charge in [0, 0.05) is 11.3 Å². The van der Waals surface area contributed by atoms with E-state index in [9.17, 15) is 19.8 Å². The van der Waals surface area contributed by atoms with Crippen molar-refractivity contribution in [3.63, 3.8) is 0 Å². The average Bonchev–Trinajstić information content (AvgIpc) is 2.77. The summed E-state index contributed by atoms with van der Waals surface area (Å²) in [6, 6.07) is 15.4. The molecule has 1 unspecified atom stereocenters. The molecule has 0 saturated heterocycles. The average molecular weight is 450 g/mol. The van der Waals surface area contributed by atoms with Crippen molar-refractivity contribution < 1.29 is 29.3 Å². The van der Waals surface area contributed by atoms with E-state index in [1.54, 1.807) is 31.2 Å². The summed E-state index contributed by atoms with van der Waals surface area (Å²) in [5.74, 6) is -0.843. The highest BCUT2D eigenvalue weighted by Crippen LogP contribution is 2.36. The molecular formula is C26H27NO6. The number of amides is 1. The first-order valence-electron chi connectivity index (χ1n) is 10.5. The maximum atomic E-state index is 11.9. The quantitative estimate of drug-likeness (QED) is 0.372. The van der Waals surface area contributed by atoms with Gasteiger partial charge in [-0.1, -0.05) is 29.8 Å². The third-order valence-corrected chi connectivity index (χ3v) is 5.09. The van der Waals surface area contributed by atoms with Crippen LogP contribution in [0.4, 0.5) is 5.69 Å². The summed E-state index contributed by atoms with van der Waals surface area (Å²) in [7, 11) is 0. The standard InChI is InChI=1S/C26H27NO6/c1-5-32-26(31)25(30)27-19-12-16(3)24(17(4)13-19)33-20-10-11-22(28)21(14-20)23(29)18-8-6-15(2)7-9-18/h6-14,23,28-29H,5H2,1-4H3,(H,27,30). The highest BCUT2D eigenvalue weighted by molar-refractivity contribution is 6.37. The molecule has 0 spiro atoms. The number of aliphatic hydroxyl groups is 1. The van der Waals surface area contributed by atoms with Gasteiger partial charge >= 0.3 is 11.9 Å². The number of phenolic OH excluding ortho intramolecular Hbond substituents is 1. The van der Waals surface area contributed by atoms with E-state index in [1.807, 2.05) is 45.0 Å². The number of anilines is 1. The monoisotopic (exact) mass is 449 g/mol. The molecule has 3 aromatic rings. The van der Waals surface area contributed by atoms with Gasteiger partial charge in [0.15, 0.2) is 0 Å². The van der Waals surface area contributed by atoms with E-state index in [2.05, 4.69) is 5.32 Å². The normalized spacial score (nSPS) is 11.5. The molecule has 0 saturated carbocycles. The van der Waals surface area contributed by atoms with E-state index in [-0.39, 0.29) is 12.4 Å². The number of benzene rings is 3. The van der Waals surface area contributed by atoms with Crippen LogP contribution in [-0.4, -0.2) is 28.7 Å². The number of aromatic hydroxyl groups is 1. The highest BCUT2D eigenvalue weighted by atomic mass is 16.5. The summed E-state index contributed by atoms with van der Waals surface area (Å²) in [5.41, 5.74) is 3.94. The molecule has 0 bridgehead atoms. The third-order valence-electron chi connectivity index (χ3n) is 5.09. The molecule has 7 nitrogen and oxygen atoms in total. The lowest BCUT2D eigenvalue weighted by Gasteiger charge is -2.17. The lowest BCUT2D eigenvalue weighted by atomic mass is 9.99. The Labute approximate surface area is 192 Å². The Kier molecular flexibility index (Phi) is 7.35. The number of ether oxygens (including phenoxy) is 2. The molecule has 0 aliphatic rings. The number of esters is 1. The van der Waals surface area contributed by atoms with Crippen LogP contribution < -0.4 is 10.1 Å². The van der Waals surface area contributed by atoms with E-state index in [1.165, 1.54) is 6.07 Å².